The molecule has 6 heteroatoms. The van der Waals surface area contributed by atoms with Crippen LogP contribution in [0, 0.1) is 11.3 Å². The monoisotopic (exact) mass is 277 g/mol. The number of nitriles is 1. The topological polar surface area (TPSA) is 73.2 Å². The summed E-state index contributed by atoms with van der Waals surface area (Å²) in [5.41, 5.74) is 1.15. The third-order valence-electron chi connectivity index (χ3n) is 2.91. The molecule has 1 heterocycles. The average Bonchev–Trinajstić information content (AvgIpc) is 2.41. The number of nitrogens with zero attached hydrogens (tertiary/aromatic N) is 2. The first-order chi connectivity index (χ1) is 9.17. The lowest BCUT2D eigenvalue weighted by molar-refractivity contribution is -0.117. The van der Waals surface area contributed by atoms with Crippen molar-refractivity contribution in [1.82, 2.24) is 4.90 Å². The van der Waals surface area contributed by atoms with Crippen molar-refractivity contribution in [2.75, 3.05) is 36.5 Å². The summed E-state index contributed by atoms with van der Waals surface area (Å²) in [6.45, 7) is 1.69. The molecule has 0 aromatic heterocycles. The van der Waals surface area contributed by atoms with Gasteiger partial charge in [-0.3, -0.25) is 13.9 Å². The molecule has 100 valence electrons. The van der Waals surface area contributed by atoms with E-state index < -0.39 is 10.8 Å². The van der Waals surface area contributed by atoms with Crippen LogP contribution in [0.4, 0.5) is 5.69 Å². The van der Waals surface area contributed by atoms with Gasteiger partial charge in [0.1, 0.15) is 0 Å². The lowest BCUT2D eigenvalue weighted by Crippen LogP contribution is -2.42. The molecule has 2 rings (SSSR count). The van der Waals surface area contributed by atoms with Crippen molar-refractivity contribution >= 4 is 22.4 Å². The van der Waals surface area contributed by atoms with E-state index in [4.69, 9.17) is 5.26 Å². The van der Waals surface area contributed by atoms with Gasteiger partial charge >= 0.3 is 0 Å². The first-order valence-corrected chi connectivity index (χ1v) is 7.53. The minimum absolute atomic E-state index is 0.109. The fraction of sp³-hybridized carbons (Fsp3) is 0.385. The molecule has 1 N–H and O–H groups in total. The Kier molecular flexibility index (Phi) is 4.66. The van der Waals surface area contributed by atoms with Gasteiger partial charge in [0, 0.05) is 41.1 Å². The highest BCUT2D eigenvalue weighted by Crippen LogP contribution is 2.10. The largest absolute Gasteiger partial charge is 0.325 e. The van der Waals surface area contributed by atoms with Crippen LogP contribution in [0.2, 0.25) is 0 Å². The number of carbonyl (C=O) groups excluding carboxylic acids is 1. The maximum atomic E-state index is 11.9. The van der Waals surface area contributed by atoms with Gasteiger partial charge in [-0.15, -0.1) is 0 Å². The maximum Gasteiger partial charge on any atom is 0.238 e. The average molecular weight is 277 g/mol. The van der Waals surface area contributed by atoms with E-state index in [9.17, 15) is 9.00 Å². The van der Waals surface area contributed by atoms with Crippen LogP contribution in [-0.4, -0.2) is 46.2 Å². The van der Waals surface area contributed by atoms with E-state index in [-0.39, 0.29) is 5.91 Å². The van der Waals surface area contributed by atoms with E-state index in [1.54, 1.807) is 24.3 Å². The number of anilines is 1. The molecule has 5 nitrogen and oxygen atoms in total. The molecule has 0 saturated carbocycles. The van der Waals surface area contributed by atoms with E-state index in [0.717, 1.165) is 0 Å². The molecule has 1 fully saturated rings. The Morgan fingerprint density at radius 2 is 2.16 bits per heavy atom. The third-order valence-corrected chi connectivity index (χ3v) is 4.19. The first kappa shape index (κ1) is 13.7. The lowest BCUT2D eigenvalue weighted by atomic mass is 10.2. The van der Waals surface area contributed by atoms with Gasteiger partial charge in [-0.2, -0.15) is 5.26 Å². The molecule has 0 spiro atoms. The molecule has 1 amide bonds. The standard InChI is InChI=1S/C13H15N3O2S/c14-9-11-2-1-3-12(8-11)15-13(17)10-16-4-6-19(18)7-5-16/h1-3,8H,4-7,10H2,(H,15,17). The first-order valence-electron chi connectivity index (χ1n) is 6.05. The molecule has 1 aromatic carbocycles. The molecular weight excluding hydrogens is 262 g/mol. The second-order valence-electron chi connectivity index (χ2n) is 4.37. The lowest BCUT2D eigenvalue weighted by Gasteiger charge is -2.25. The molecule has 0 bridgehead atoms. The van der Waals surface area contributed by atoms with Gasteiger partial charge in [0.15, 0.2) is 0 Å². The molecule has 1 aromatic rings. The van der Waals surface area contributed by atoms with Gasteiger partial charge in [-0.25, -0.2) is 0 Å². The zero-order valence-electron chi connectivity index (χ0n) is 10.5. The highest BCUT2D eigenvalue weighted by molar-refractivity contribution is 7.85. The number of amides is 1. The van der Waals surface area contributed by atoms with Crippen LogP contribution in [0.15, 0.2) is 24.3 Å². The van der Waals surface area contributed by atoms with E-state index in [0.29, 0.717) is 42.4 Å². The van der Waals surface area contributed by atoms with Crippen LogP contribution in [0.3, 0.4) is 0 Å². The summed E-state index contributed by atoms with van der Waals surface area (Å²) < 4.78 is 11.2. The number of carbonyl (C=O) groups is 1. The molecule has 1 saturated heterocycles. The molecule has 0 radical (unpaired) electrons. The second kappa shape index (κ2) is 6.45. The second-order valence-corrected chi connectivity index (χ2v) is 6.06. The molecule has 1 aliphatic heterocycles. The Morgan fingerprint density at radius 1 is 1.42 bits per heavy atom. The SMILES string of the molecule is N#Cc1cccc(NC(=O)CN2CCS(=O)CC2)c1. The highest BCUT2D eigenvalue weighted by Gasteiger charge is 2.17. The van der Waals surface area contributed by atoms with Gasteiger partial charge < -0.3 is 5.32 Å². The highest BCUT2D eigenvalue weighted by atomic mass is 32.2. The zero-order chi connectivity index (χ0) is 13.7. The Labute approximate surface area is 114 Å². The summed E-state index contributed by atoms with van der Waals surface area (Å²) in [5, 5.41) is 11.5. The Bertz CT molecular complexity index is 529. The fourth-order valence-electron chi connectivity index (χ4n) is 1.90. The summed E-state index contributed by atoms with van der Waals surface area (Å²) in [6.07, 6.45) is 0. The number of benzene rings is 1. The molecule has 1 aliphatic rings. The molecule has 0 atom stereocenters. The minimum atomic E-state index is -0.727. The molecule has 0 aliphatic carbocycles. The smallest absolute Gasteiger partial charge is 0.238 e. The summed E-state index contributed by atoms with van der Waals surface area (Å²) >= 11 is 0. The van der Waals surface area contributed by atoms with Crippen molar-refractivity contribution < 1.29 is 9.00 Å². The number of hydrogen-bond donors (Lipinski definition) is 1. The van der Waals surface area contributed by atoms with Gasteiger partial charge in [-0.05, 0) is 18.2 Å². The third kappa shape index (κ3) is 4.16. The van der Waals surface area contributed by atoms with Crippen molar-refractivity contribution in [3.05, 3.63) is 29.8 Å². The van der Waals surface area contributed by atoms with E-state index >= 15 is 0 Å². The van der Waals surface area contributed by atoms with Crippen molar-refractivity contribution in [2.24, 2.45) is 0 Å². The van der Waals surface area contributed by atoms with Crippen molar-refractivity contribution in [2.45, 2.75) is 0 Å². The van der Waals surface area contributed by atoms with Crippen LogP contribution in [0.1, 0.15) is 5.56 Å². The quantitative estimate of drug-likeness (QED) is 0.876. The Hall–Kier alpha value is -1.71. The maximum absolute atomic E-state index is 11.9. The number of nitrogens with one attached hydrogen (secondary N) is 1. The van der Waals surface area contributed by atoms with Gasteiger partial charge in [0.2, 0.25) is 5.91 Å². The predicted octanol–water partition coefficient (Wildman–Crippen LogP) is 0.561. The van der Waals surface area contributed by atoms with Crippen LogP contribution in [0.25, 0.3) is 0 Å². The summed E-state index contributed by atoms with van der Waals surface area (Å²) in [5.74, 6) is 1.16. The van der Waals surface area contributed by atoms with Crippen molar-refractivity contribution in [1.29, 1.82) is 5.26 Å². The van der Waals surface area contributed by atoms with E-state index in [1.165, 1.54) is 0 Å². The van der Waals surface area contributed by atoms with E-state index in [2.05, 4.69) is 5.32 Å². The van der Waals surface area contributed by atoms with Crippen LogP contribution >= 0.6 is 0 Å². The van der Waals surface area contributed by atoms with Crippen LogP contribution in [0.5, 0.6) is 0 Å². The summed E-state index contributed by atoms with van der Waals surface area (Å²) in [7, 11) is -0.727. The number of rotatable bonds is 3. The van der Waals surface area contributed by atoms with Gasteiger partial charge in [0.05, 0.1) is 18.2 Å². The molecule has 0 unspecified atom stereocenters. The Balaban J connectivity index is 1.87. The van der Waals surface area contributed by atoms with Crippen molar-refractivity contribution in [3.8, 4) is 6.07 Å². The van der Waals surface area contributed by atoms with Crippen molar-refractivity contribution in [3.63, 3.8) is 0 Å². The number of hydrogen-bond acceptors (Lipinski definition) is 4. The van der Waals surface area contributed by atoms with E-state index in [1.807, 2.05) is 11.0 Å². The molecule has 19 heavy (non-hydrogen) atoms. The molecular formula is C13H15N3O2S. The minimum Gasteiger partial charge on any atom is -0.325 e. The predicted molar refractivity (Wildman–Crippen MR) is 74.1 cm³/mol. The normalized spacial score (nSPS) is 16.8. The summed E-state index contributed by atoms with van der Waals surface area (Å²) in [6, 6.07) is 8.85. The van der Waals surface area contributed by atoms with Crippen LogP contribution < -0.4 is 5.32 Å². The van der Waals surface area contributed by atoms with Gasteiger partial charge in [0.25, 0.3) is 0 Å². The van der Waals surface area contributed by atoms with Crippen LogP contribution in [-0.2, 0) is 15.6 Å². The Morgan fingerprint density at radius 3 is 2.84 bits per heavy atom. The zero-order valence-corrected chi connectivity index (χ0v) is 11.3. The van der Waals surface area contributed by atoms with Gasteiger partial charge in [-0.1, -0.05) is 6.07 Å². The fourth-order valence-corrected chi connectivity index (χ4v) is 3.03. The summed E-state index contributed by atoms with van der Waals surface area (Å²) in [4.78, 5) is 13.8.